The maximum Gasteiger partial charge on any atom is 0.0610 e. The Bertz CT molecular complexity index is 314. The van der Waals surface area contributed by atoms with E-state index in [9.17, 15) is 0 Å². The third-order valence-electron chi connectivity index (χ3n) is 1.97. The Morgan fingerprint density at radius 3 is 1.86 bits per heavy atom. The molecule has 0 fully saturated rings. The van der Waals surface area contributed by atoms with E-state index in [0.717, 1.165) is 0 Å². The zero-order valence-electron chi connectivity index (χ0n) is 9.64. The van der Waals surface area contributed by atoms with Gasteiger partial charge in [-0.15, -0.1) is 11.8 Å². The molecule has 1 aromatic rings. The lowest BCUT2D eigenvalue weighted by atomic mass is 10.1. The Hall–Kier alpha value is -0.470. The van der Waals surface area contributed by atoms with E-state index in [1.54, 1.807) is 11.8 Å². The minimum atomic E-state index is -0.204. The lowest BCUT2D eigenvalue weighted by molar-refractivity contribution is 0.757. The van der Waals surface area contributed by atoms with Crippen molar-refractivity contribution in [1.82, 2.24) is 0 Å². The largest absolute Gasteiger partial charge is 0.317 e. The molecule has 1 aromatic carbocycles. The average Bonchev–Trinajstić information content (AvgIpc) is 1.95. The number of nitrogens with two attached hydrogens (primary N) is 1. The van der Waals surface area contributed by atoms with Crippen LogP contribution in [0.25, 0.3) is 0 Å². The molecular weight excluding hydrogens is 190 g/mol. The first-order chi connectivity index (χ1) is 6.29. The highest BCUT2D eigenvalue weighted by atomic mass is 32.2. The van der Waals surface area contributed by atoms with Crippen molar-refractivity contribution in [3.63, 3.8) is 0 Å². The van der Waals surface area contributed by atoms with E-state index in [4.69, 9.17) is 5.73 Å². The molecular formula is C12H19NS. The number of aryl methyl sites for hydroxylation is 3. The standard InChI is InChI=1S/C12H19NS/c1-8-6-9(2)11(10(3)7-8)14-12(4,5)13/h6-7H,13H2,1-5H3. The Balaban J connectivity index is 3.09. The first-order valence-electron chi connectivity index (χ1n) is 4.85. The molecule has 1 rings (SSSR count). The summed E-state index contributed by atoms with van der Waals surface area (Å²) < 4.78 is 0. The zero-order valence-corrected chi connectivity index (χ0v) is 10.5. The second-order valence-electron chi connectivity index (χ2n) is 4.43. The molecule has 0 saturated carbocycles. The summed E-state index contributed by atoms with van der Waals surface area (Å²) in [5.74, 6) is 0. The van der Waals surface area contributed by atoms with Gasteiger partial charge in [-0.3, -0.25) is 0 Å². The van der Waals surface area contributed by atoms with Gasteiger partial charge < -0.3 is 5.73 Å². The minimum absolute atomic E-state index is 0.204. The highest BCUT2D eigenvalue weighted by Crippen LogP contribution is 2.33. The first kappa shape index (κ1) is 11.6. The molecule has 0 unspecified atom stereocenters. The highest BCUT2D eigenvalue weighted by molar-refractivity contribution is 8.00. The summed E-state index contributed by atoms with van der Waals surface area (Å²) in [4.78, 5) is 1.12. The zero-order chi connectivity index (χ0) is 10.9. The average molecular weight is 209 g/mol. The molecule has 1 nitrogen and oxygen atoms in total. The summed E-state index contributed by atoms with van der Waals surface area (Å²) in [6, 6.07) is 4.42. The van der Waals surface area contributed by atoms with Crippen molar-refractivity contribution < 1.29 is 0 Å². The van der Waals surface area contributed by atoms with Crippen LogP contribution in [0.15, 0.2) is 17.0 Å². The lowest BCUT2D eigenvalue weighted by Gasteiger charge is -2.21. The molecule has 0 atom stereocenters. The molecule has 14 heavy (non-hydrogen) atoms. The van der Waals surface area contributed by atoms with Crippen molar-refractivity contribution in [2.24, 2.45) is 5.73 Å². The highest BCUT2D eigenvalue weighted by Gasteiger charge is 2.15. The topological polar surface area (TPSA) is 26.0 Å². The van der Waals surface area contributed by atoms with Crippen molar-refractivity contribution in [1.29, 1.82) is 0 Å². The van der Waals surface area contributed by atoms with Gasteiger partial charge in [0.15, 0.2) is 0 Å². The van der Waals surface area contributed by atoms with E-state index in [0.29, 0.717) is 0 Å². The second kappa shape index (κ2) is 3.95. The molecule has 0 aliphatic rings. The fourth-order valence-corrected chi connectivity index (χ4v) is 2.56. The van der Waals surface area contributed by atoms with Crippen molar-refractivity contribution in [3.8, 4) is 0 Å². The second-order valence-corrected chi connectivity index (χ2v) is 6.10. The van der Waals surface area contributed by atoms with E-state index >= 15 is 0 Å². The Morgan fingerprint density at radius 2 is 1.50 bits per heavy atom. The monoisotopic (exact) mass is 209 g/mol. The number of benzene rings is 1. The van der Waals surface area contributed by atoms with Crippen molar-refractivity contribution in [2.75, 3.05) is 0 Å². The normalized spacial score (nSPS) is 11.9. The van der Waals surface area contributed by atoms with Crippen LogP contribution in [0.4, 0.5) is 0 Å². The van der Waals surface area contributed by atoms with E-state index in [-0.39, 0.29) is 4.87 Å². The van der Waals surface area contributed by atoms with Crippen LogP contribution in [-0.4, -0.2) is 4.87 Å². The molecule has 0 aliphatic carbocycles. The first-order valence-corrected chi connectivity index (χ1v) is 5.67. The summed E-state index contributed by atoms with van der Waals surface area (Å²) in [6.07, 6.45) is 0. The predicted octanol–water partition coefficient (Wildman–Crippen LogP) is 3.40. The van der Waals surface area contributed by atoms with Crippen LogP contribution in [0.3, 0.4) is 0 Å². The van der Waals surface area contributed by atoms with Crippen LogP contribution >= 0.6 is 11.8 Å². The molecule has 0 aliphatic heterocycles. The molecule has 2 heteroatoms. The molecule has 0 bridgehead atoms. The molecule has 0 amide bonds. The molecule has 0 saturated heterocycles. The van der Waals surface area contributed by atoms with Crippen LogP contribution in [0.2, 0.25) is 0 Å². The van der Waals surface area contributed by atoms with Gasteiger partial charge in [-0.05, 0) is 45.7 Å². The van der Waals surface area contributed by atoms with Crippen molar-refractivity contribution in [2.45, 2.75) is 44.4 Å². The predicted molar refractivity (Wildman–Crippen MR) is 64.8 cm³/mol. The van der Waals surface area contributed by atoms with Gasteiger partial charge in [-0.1, -0.05) is 17.7 Å². The summed E-state index contributed by atoms with van der Waals surface area (Å²) in [6.45, 7) is 10.5. The van der Waals surface area contributed by atoms with Gasteiger partial charge in [0.25, 0.3) is 0 Å². The summed E-state index contributed by atoms with van der Waals surface area (Å²) >= 11 is 1.74. The maximum absolute atomic E-state index is 6.01. The minimum Gasteiger partial charge on any atom is -0.317 e. The van der Waals surface area contributed by atoms with Crippen molar-refractivity contribution in [3.05, 3.63) is 28.8 Å². The fourth-order valence-electron chi connectivity index (χ4n) is 1.59. The van der Waals surface area contributed by atoms with Gasteiger partial charge >= 0.3 is 0 Å². The Morgan fingerprint density at radius 1 is 1.07 bits per heavy atom. The number of thioether (sulfide) groups is 1. The summed E-state index contributed by atoms with van der Waals surface area (Å²) in [5, 5.41) is 0. The Kier molecular flexibility index (Phi) is 3.28. The molecule has 2 N–H and O–H groups in total. The van der Waals surface area contributed by atoms with Gasteiger partial charge in [-0.25, -0.2) is 0 Å². The quantitative estimate of drug-likeness (QED) is 0.597. The molecule has 78 valence electrons. The van der Waals surface area contributed by atoms with Crippen LogP contribution in [-0.2, 0) is 0 Å². The lowest BCUT2D eigenvalue weighted by Crippen LogP contribution is -2.27. The maximum atomic E-state index is 6.01. The van der Waals surface area contributed by atoms with Gasteiger partial charge in [0.2, 0.25) is 0 Å². The number of hydrogen-bond acceptors (Lipinski definition) is 2. The number of hydrogen-bond donors (Lipinski definition) is 1. The van der Waals surface area contributed by atoms with Gasteiger partial charge in [0.05, 0.1) is 4.87 Å². The third kappa shape index (κ3) is 3.03. The SMILES string of the molecule is Cc1cc(C)c(SC(C)(C)N)c(C)c1. The summed E-state index contributed by atoms with van der Waals surface area (Å²) in [5.41, 5.74) is 9.98. The molecule has 0 aromatic heterocycles. The molecule has 0 heterocycles. The smallest absolute Gasteiger partial charge is 0.0610 e. The Labute approximate surface area is 91.1 Å². The van der Waals surface area contributed by atoms with Crippen LogP contribution in [0.1, 0.15) is 30.5 Å². The molecule has 0 radical (unpaired) electrons. The molecule has 0 spiro atoms. The summed E-state index contributed by atoms with van der Waals surface area (Å²) in [7, 11) is 0. The van der Waals surface area contributed by atoms with Gasteiger partial charge in [-0.2, -0.15) is 0 Å². The number of rotatable bonds is 2. The third-order valence-corrected chi connectivity index (χ3v) is 3.34. The van der Waals surface area contributed by atoms with E-state index < -0.39 is 0 Å². The van der Waals surface area contributed by atoms with Crippen molar-refractivity contribution >= 4 is 11.8 Å². The van der Waals surface area contributed by atoms with Gasteiger partial charge in [0, 0.05) is 4.90 Å². The van der Waals surface area contributed by atoms with Crippen LogP contribution < -0.4 is 5.73 Å². The van der Waals surface area contributed by atoms with Gasteiger partial charge in [0.1, 0.15) is 0 Å². The van der Waals surface area contributed by atoms with E-state index in [1.807, 2.05) is 13.8 Å². The van der Waals surface area contributed by atoms with Crippen LogP contribution in [0.5, 0.6) is 0 Å². The van der Waals surface area contributed by atoms with E-state index in [2.05, 4.69) is 32.9 Å². The van der Waals surface area contributed by atoms with E-state index in [1.165, 1.54) is 21.6 Å². The van der Waals surface area contributed by atoms with Crippen LogP contribution in [0, 0.1) is 20.8 Å². The fraction of sp³-hybridized carbons (Fsp3) is 0.500.